The number of aromatic nitrogens is 6. The lowest BCUT2D eigenvalue weighted by Crippen LogP contribution is -2.51. The Morgan fingerprint density at radius 3 is 1.63 bits per heavy atom. The third-order valence-corrected chi connectivity index (χ3v) is 15.5. The van der Waals surface area contributed by atoms with E-state index in [1.54, 1.807) is 61.7 Å². The van der Waals surface area contributed by atoms with Crippen molar-refractivity contribution in [2.75, 3.05) is 90.8 Å². The van der Waals surface area contributed by atoms with Crippen molar-refractivity contribution < 1.29 is 44.8 Å². The fourth-order valence-electron chi connectivity index (χ4n) is 11.2. The minimum absolute atomic E-state index is 0. The molecule has 22 heteroatoms. The van der Waals surface area contributed by atoms with Gasteiger partial charge in [0, 0.05) is 120 Å². The van der Waals surface area contributed by atoms with Crippen LogP contribution < -0.4 is 47.9 Å². The lowest BCUT2D eigenvalue weighted by molar-refractivity contribution is -0.138. The number of carbonyl (C=O) groups excluding carboxylic acids is 3. The molecule has 2 unspecified atom stereocenters. The van der Waals surface area contributed by atoms with E-state index < -0.39 is 29.0 Å². The van der Waals surface area contributed by atoms with E-state index in [0.717, 1.165) is 70.4 Å². The second-order valence-electron chi connectivity index (χ2n) is 22.3. The Morgan fingerprint density at radius 2 is 1.08 bits per heavy atom. The highest BCUT2D eigenvalue weighted by atomic mass is 19.4. The van der Waals surface area contributed by atoms with E-state index >= 15 is 0 Å². The summed E-state index contributed by atoms with van der Waals surface area (Å²) in [5.74, 6) is 6.48. The van der Waals surface area contributed by atoms with E-state index in [1.165, 1.54) is 42.2 Å². The van der Waals surface area contributed by atoms with Crippen LogP contribution in [-0.2, 0) is 6.18 Å². The first-order valence-corrected chi connectivity index (χ1v) is 30.0. The summed E-state index contributed by atoms with van der Waals surface area (Å²) in [7, 11) is 0. The van der Waals surface area contributed by atoms with Gasteiger partial charge in [0.25, 0.3) is 0 Å². The number of anilines is 6. The molecule has 8 aromatic rings. The van der Waals surface area contributed by atoms with Gasteiger partial charge < -0.3 is 47.9 Å². The van der Waals surface area contributed by atoms with Gasteiger partial charge in [-0.05, 0) is 110 Å². The molecule has 90 heavy (non-hydrogen) atoms. The van der Waals surface area contributed by atoms with Crippen LogP contribution in [0.2, 0.25) is 0 Å². The molecule has 0 amide bonds. The van der Waals surface area contributed by atoms with Crippen molar-refractivity contribution in [3.63, 3.8) is 0 Å². The first-order chi connectivity index (χ1) is 43.4. The number of hydrogen-bond donors (Lipinski definition) is 6. The zero-order chi connectivity index (χ0) is 63.9. The fourth-order valence-corrected chi connectivity index (χ4v) is 11.2. The zero-order valence-corrected chi connectivity index (χ0v) is 50.6. The number of pyridine rings is 6. The van der Waals surface area contributed by atoms with Crippen LogP contribution in [0.25, 0.3) is 11.1 Å². The standard InChI is InChI=1S/C25H28FN5O.C24H23N5O.C19H22F3N5O.9H2/c1-16(2)14-17-15-31(13-12-28-17)22-10-9-19(18-6-3-4-8-21(18)26)23(30-22)24(32)20-7-5-11-29-25(20)27;1-2-7-18-11-12-21(28-22(18)23(30)19-10-6-13-27-24(19)25)29-15-14-26-20(16-29)17-8-4-3-5-9-17;1-2-4-12-11-27(10-9-24-12)15-7-6-14(19(20,21)22)16(26-15)17(28)13-5-3-8-25-18(13)23;;;;;;;;;/h3-11,16-17,28H,12-15H2,1-2H3,(H2,27,29);3-6,8-13,20,26H,14-16H2,1H3,(H2,25,27);3,5-8,12,24H,2,4,9-11H2,1H3,(H2,23,25);9*1H/t17-;;;;;;;;;;;/m0.........../s1. The molecule has 3 aliphatic heterocycles. The Labute approximate surface area is 534 Å². The molecule has 0 bridgehead atoms. The highest BCUT2D eigenvalue weighted by Gasteiger charge is 2.38. The first kappa shape index (κ1) is 64.8. The van der Waals surface area contributed by atoms with Gasteiger partial charge in [0.05, 0.1) is 27.8 Å². The lowest BCUT2D eigenvalue weighted by atomic mass is 9.97. The molecule has 3 fully saturated rings. The molecule has 0 aliphatic carbocycles. The van der Waals surface area contributed by atoms with E-state index in [0.29, 0.717) is 71.2 Å². The largest absolute Gasteiger partial charge is 0.418 e. The van der Waals surface area contributed by atoms with Gasteiger partial charge >= 0.3 is 6.18 Å². The van der Waals surface area contributed by atoms with Crippen molar-refractivity contribution in [2.45, 2.75) is 71.3 Å². The number of ketones is 3. The summed E-state index contributed by atoms with van der Waals surface area (Å²) in [5.41, 5.74) is 19.4. The molecule has 6 aromatic heterocycles. The van der Waals surface area contributed by atoms with E-state index in [1.807, 2.05) is 41.3 Å². The Balaban J connectivity index is 0.00000139. The predicted octanol–water partition coefficient (Wildman–Crippen LogP) is 11.8. The molecule has 0 spiro atoms. The highest BCUT2D eigenvalue weighted by Crippen LogP contribution is 2.35. The SMILES string of the molecule is CC#Cc1ccc(N2CCNC(c3ccccc3)C2)nc1C(=O)c1cccnc1N.CC(C)C[C@H]1CN(c2ccc(-c3ccccc3F)c(C(=O)c3cccnc3N)n2)CCN1.CCCC1CN(c2ccc(C(F)(F)F)c(C(=O)c3cccnc3N)n2)CCN1.[HH].[HH].[HH].[HH].[HH].[HH].[HH].[HH].[HH]. The molecule has 0 radical (unpaired) electrons. The summed E-state index contributed by atoms with van der Waals surface area (Å²) in [6.45, 7) is 15.0. The molecule has 3 aliphatic rings. The van der Waals surface area contributed by atoms with Gasteiger partial charge in [-0.15, -0.1) is 5.92 Å². The average Bonchev–Trinajstić information content (AvgIpc) is 0.798. The second kappa shape index (κ2) is 30.0. The van der Waals surface area contributed by atoms with Gasteiger partial charge in [0.1, 0.15) is 57.8 Å². The van der Waals surface area contributed by atoms with Crippen molar-refractivity contribution in [1.29, 1.82) is 0 Å². The minimum atomic E-state index is -4.71. The maximum Gasteiger partial charge on any atom is 0.418 e. The molecule has 484 valence electrons. The van der Waals surface area contributed by atoms with Gasteiger partial charge in [-0.1, -0.05) is 81.6 Å². The number of hydrogen-bond acceptors (Lipinski definition) is 18. The summed E-state index contributed by atoms with van der Waals surface area (Å²) in [6, 6.07) is 36.6. The van der Waals surface area contributed by atoms with Gasteiger partial charge in [-0.25, -0.2) is 34.3 Å². The van der Waals surface area contributed by atoms with Crippen LogP contribution in [-0.4, -0.2) is 118 Å². The Kier molecular flexibility index (Phi) is 21.6. The fraction of sp³-hybridized carbons (Fsp3) is 0.309. The number of nitrogens with one attached hydrogen (secondary N) is 3. The van der Waals surface area contributed by atoms with E-state index in [9.17, 15) is 31.9 Å². The number of carbonyl (C=O) groups is 3. The molecule has 9 heterocycles. The molecule has 11 rings (SSSR count). The molecule has 18 nitrogen and oxygen atoms in total. The molecular formula is C68H91F4N15O3. The highest BCUT2D eigenvalue weighted by molar-refractivity contribution is 6.14. The Hall–Kier alpha value is -9.69. The minimum Gasteiger partial charge on any atom is -0.383 e. The van der Waals surface area contributed by atoms with Crippen LogP contribution in [0.1, 0.15) is 131 Å². The topological polar surface area (TPSA) is 252 Å². The molecule has 2 aromatic carbocycles. The lowest BCUT2D eigenvalue weighted by Gasteiger charge is -2.35. The Bertz CT molecular complexity index is 3920. The molecule has 3 atom stereocenters. The normalized spacial score (nSPS) is 16.6. The number of benzene rings is 2. The van der Waals surface area contributed by atoms with Crippen LogP contribution in [0, 0.1) is 23.6 Å². The van der Waals surface area contributed by atoms with Crippen molar-refractivity contribution in [3.05, 3.63) is 202 Å². The summed E-state index contributed by atoms with van der Waals surface area (Å²) in [6.07, 6.45) is 2.76. The van der Waals surface area contributed by atoms with Crippen molar-refractivity contribution in [3.8, 4) is 23.0 Å². The van der Waals surface area contributed by atoms with E-state index in [-0.39, 0.29) is 70.8 Å². The maximum atomic E-state index is 14.6. The summed E-state index contributed by atoms with van der Waals surface area (Å²) < 4.78 is 55.1. The van der Waals surface area contributed by atoms with Gasteiger partial charge in [-0.2, -0.15) is 13.2 Å². The number of nitrogen functional groups attached to an aromatic ring is 3. The maximum absolute atomic E-state index is 14.6. The van der Waals surface area contributed by atoms with E-state index in [2.05, 4.69) is 90.4 Å². The van der Waals surface area contributed by atoms with Gasteiger partial charge in [0.2, 0.25) is 17.3 Å². The van der Waals surface area contributed by atoms with Crippen molar-refractivity contribution in [2.24, 2.45) is 5.92 Å². The molecular weight excluding hydrogens is 1150 g/mol. The first-order valence-electron chi connectivity index (χ1n) is 30.0. The number of piperazine rings is 3. The van der Waals surface area contributed by atoms with Gasteiger partial charge in [0.15, 0.2) is 0 Å². The van der Waals surface area contributed by atoms with Crippen molar-refractivity contribution in [1.82, 2.24) is 45.9 Å². The molecule has 0 saturated carbocycles. The van der Waals surface area contributed by atoms with Crippen molar-refractivity contribution >= 4 is 52.3 Å². The van der Waals surface area contributed by atoms with Crippen LogP contribution >= 0.6 is 0 Å². The average molecular weight is 1240 g/mol. The van der Waals surface area contributed by atoms with Gasteiger partial charge in [-0.3, -0.25) is 14.4 Å². The number of nitrogens with two attached hydrogens (primary N) is 3. The molecule has 3 saturated heterocycles. The Morgan fingerprint density at radius 1 is 0.589 bits per heavy atom. The quantitative estimate of drug-likeness (QED) is 0.0317. The van der Waals surface area contributed by atoms with Crippen LogP contribution in [0.15, 0.2) is 146 Å². The van der Waals surface area contributed by atoms with Crippen LogP contribution in [0.4, 0.5) is 52.5 Å². The summed E-state index contributed by atoms with van der Waals surface area (Å²) in [4.78, 5) is 71.2. The van der Waals surface area contributed by atoms with Crippen LogP contribution in [0.3, 0.4) is 0 Å². The van der Waals surface area contributed by atoms with Crippen LogP contribution in [0.5, 0.6) is 0 Å². The number of halogens is 4. The van der Waals surface area contributed by atoms with E-state index in [4.69, 9.17) is 27.2 Å². The third kappa shape index (κ3) is 15.9. The summed E-state index contributed by atoms with van der Waals surface area (Å²) in [5, 5.41) is 10.5. The third-order valence-electron chi connectivity index (χ3n) is 15.5. The summed E-state index contributed by atoms with van der Waals surface area (Å²) >= 11 is 0. The second-order valence-corrected chi connectivity index (χ2v) is 22.3. The number of nitrogens with zero attached hydrogens (tertiary/aromatic N) is 9. The predicted molar refractivity (Wildman–Crippen MR) is 363 cm³/mol. The zero-order valence-electron chi connectivity index (χ0n) is 50.6. The number of rotatable bonds is 15. The number of alkyl halides is 3. The monoisotopic (exact) mass is 1240 g/mol. The smallest absolute Gasteiger partial charge is 0.383 e. The molecule has 9 N–H and O–H groups in total.